The molecule has 1 aliphatic rings. The first-order valence-corrected chi connectivity index (χ1v) is 14.9. The molecule has 240 valence electrons. The van der Waals surface area contributed by atoms with E-state index >= 15 is 0 Å². The zero-order valence-corrected chi connectivity index (χ0v) is 25.5. The molecule has 0 unspecified atom stereocenters. The topological polar surface area (TPSA) is 198 Å². The molecule has 45 heavy (non-hydrogen) atoms. The normalized spacial score (nSPS) is 20.4. The van der Waals surface area contributed by atoms with E-state index in [0.29, 0.717) is 24.2 Å². The van der Waals surface area contributed by atoms with Crippen molar-refractivity contribution in [3.8, 4) is 0 Å². The minimum atomic E-state index is -1.22. The number of aryl methyl sites for hydroxylation is 2. The van der Waals surface area contributed by atoms with Gasteiger partial charge in [-0.25, -0.2) is 9.78 Å². The van der Waals surface area contributed by atoms with Crippen molar-refractivity contribution in [2.75, 3.05) is 6.54 Å². The van der Waals surface area contributed by atoms with Gasteiger partial charge in [-0.2, -0.15) is 4.98 Å². The molecule has 3 aromatic rings. The number of nitrogens with zero attached hydrogens (tertiary/aromatic N) is 3. The van der Waals surface area contributed by atoms with Crippen molar-refractivity contribution in [2.24, 2.45) is 0 Å². The van der Waals surface area contributed by atoms with Gasteiger partial charge in [-0.1, -0.05) is 30.3 Å². The smallest absolute Gasteiger partial charge is 0.347 e. The molecule has 2 aromatic heterocycles. The molecule has 0 aliphatic carbocycles. The van der Waals surface area contributed by atoms with Crippen molar-refractivity contribution in [2.45, 2.75) is 83.6 Å². The van der Waals surface area contributed by atoms with Crippen LogP contribution < -0.4 is 27.0 Å². The number of oxazole rings is 1. The lowest BCUT2D eigenvalue weighted by atomic mass is 10.0. The van der Waals surface area contributed by atoms with Crippen molar-refractivity contribution in [1.29, 1.82) is 0 Å². The van der Waals surface area contributed by atoms with Crippen LogP contribution in [0.1, 0.15) is 72.0 Å². The predicted octanol–water partition coefficient (Wildman–Crippen LogP) is 0.603. The minimum Gasteiger partial charge on any atom is -0.446 e. The SMILES string of the molecule is Cc1cc(C)n(CCC(=O)N[C@H]2CCCCNC(=O)[C@H]([C@@H](C)O)NC(=O)c3coc(n3)[C@H](Cc3ccccc3)NC2=O)c(=O)n1. The number of aliphatic hydroxyl groups excluding tert-OH is 1. The lowest BCUT2D eigenvalue weighted by Crippen LogP contribution is -2.52. The van der Waals surface area contributed by atoms with Gasteiger partial charge < -0.3 is 30.8 Å². The highest BCUT2D eigenvalue weighted by molar-refractivity contribution is 5.96. The summed E-state index contributed by atoms with van der Waals surface area (Å²) in [5, 5.41) is 21.1. The second kappa shape index (κ2) is 15.2. The molecule has 1 aromatic carbocycles. The zero-order valence-electron chi connectivity index (χ0n) is 25.5. The second-order valence-electron chi connectivity index (χ2n) is 11.1. The summed E-state index contributed by atoms with van der Waals surface area (Å²) >= 11 is 0. The highest BCUT2D eigenvalue weighted by Gasteiger charge is 2.30. The Hall–Kier alpha value is -4.85. The largest absolute Gasteiger partial charge is 0.446 e. The van der Waals surface area contributed by atoms with Crippen LogP contribution in [0.4, 0.5) is 0 Å². The minimum absolute atomic E-state index is 0.0503. The Kier molecular flexibility index (Phi) is 11.2. The molecule has 4 rings (SSSR count). The third-order valence-corrected chi connectivity index (χ3v) is 7.48. The fourth-order valence-electron chi connectivity index (χ4n) is 5.08. The molecule has 0 spiro atoms. The van der Waals surface area contributed by atoms with Crippen molar-refractivity contribution >= 4 is 23.6 Å². The van der Waals surface area contributed by atoms with Crippen molar-refractivity contribution in [3.63, 3.8) is 0 Å². The van der Waals surface area contributed by atoms with Gasteiger partial charge >= 0.3 is 5.69 Å². The van der Waals surface area contributed by atoms with Crippen LogP contribution in [-0.4, -0.2) is 68.0 Å². The molecule has 0 saturated heterocycles. The van der Waals surface area contributed by atoms with E-state index < -0.39 is 53.5 Å². The Bertz CT molecular complexity index is 1570. The monoisotopic (exact) mass is 621 g/mol. The average molecular weight is 622 g/mol. The van der Waals surface area contributed by atoms with Crippen molar-refractivity contribution < 1.29 is 28.7 Å². The summed E-state index contributed by atoms with van der Waals surface area (Å²) < 4.78 is 7.03. The van der Waals surface area contributed by atoms with Crippen LogP contribution in [0.15, 0.2) is 51.9 Å². The number of aromatic nitrogens is 3. The second-order valence-corrected chi connectivity index (χ2v) is 11.1. The maximum atomic E-state index is 13.7. The van der Waals surface area contributed by atoms with Crippen LogP contribution >= 0.6 is 0 Å². The van der Waals surface area contributed by atoms with Crippen LogP contribution in [0.5, 0.6) is 0 Å². The Labute approximate surface area is 260 Å². The molecule has 14 heteroatoms. The number of nitrogens with one attached hydrogen (secondary N) is 4. The van der Waals surface area contributed by atoms with Crippen LogP contribution in [0.2, 0.25) is 0 Å². The summed E-state index contributed by atoms with van der Waals surface area (Å²) in [6, 6.07) is 8.08. The first-order valence-electron chi connectivity index (χ1n) is 14.9. The van der Waals surface area contributed by atoms with Gasteiger partial charge in [-0.05, 0) is 51.7 Å². The number of carbonyl (C=O) groups excluding carboxylic acids is 4. The maximum Gasteiger partial charge on any atom is 0.347 e. The molecule has 0 radical (unpaired) electrons. The lowest BCUT2D eigenvalue weighted by Gasteiger charge is -2.23. The summed E-state index contributed by atoms with van der Waals surface area (Å²) in [4.78, 5) is 73.0. The van der Waals surface area contributed by atoms with Crippen molar-refractivity contribution in [1.82, 2.24) is 35.8 Å². The fourth-order valence-corrected chi connectivity index (χ4v) is 5.08. The Morgan fingerprint density at radius 2 is 1.84 bits per heavy atom. The number of amides is 4. The van der Waals surface area contributed by atoms with E-state index in [1.165, 1.54) is 11.5 Å². The van der Waals surface area contributed by atoms with Crippen LogP contribution in [0, 0.1) is 13.8 Å². The van der Waals surface area contributed by atoms with E-state index in [9.17, 15) is 29.1 Å². The fraction of sp³-hybridized carbons (Fsp3) is 0.452. The number of fused-ring (bicyclic) bond motifs is 2. The van der Waals surface area contributed by atoms with Gasteiger partial charge in [-0.15, -0.1) is 0 Å². The molecule has 4 amide bonds. The third-order valence-electron chi connectivity index (χ3n) is 7.48. The predicted molar refractivity (Wildman–Crippen MR) is 162 cm³/mol. The standard InChI is InChI=1S/C31H39N7O7/c1-18-15-19(2)38(31(44)33-18)14-12-25(40)34-22-11-7-8-13-32-29(43)26(20(3)39)37-28(42)24-17-45-30(36-24)23(35-27(22)41)16-21-9-5-4-6-10-21/h4-6,9-10,15,17,20,22-23,26,39H,7-8,11-14,16H2,1-3H3,(H,32,43)(H,34,40)(H,35,41)(H,37,42)/t20-,22+,23+,26+/m1/s1. The van der Waals surface area contributed by atoms with Gasteiger partial charge in [0.05, 0.1) is 6.10 Å². The zero-order chi connectivity index (χ0) is 32.5. The maximum absolute atomic E-state index is 13.7. The van der Waals surface area contributed by atoms with Gasteiger partial charge in [0.2, 0.25) is 23.6 Å². The van der Waals surface area contributed by atoms with Crippen molar-refractivity contribution in [3.05, 3.63) is 81.7 Å². The summed E-state index contributed by atoms with van der Waals surface area (Å²) in [7, 11) is 0. The molecule has 0 fully saturated rings. The average Bonchev–Trinajstić information content (AvgIpc) is 3.48. The van der Waals surface area contributed by atoms with E-state index in [-0.39, 0.29) is 43.9 Å². The summed E-state index contributed by atoms with van der Waals surface area (Å²) in [6.07, 6.45) is 1.32. The number of rotatable bonds is 7. The van der Waals surface area contributed by atoms with E-state index in [1.807, 2.05) is 30.3 Å². The molecule has 4 atom stereocenters. The summed E-state index contributed by atoms with van der Waals surface area (Å²) in [5.41, 5.74) is 1.53. The van der Waals surface area contributed by atoms with Gasteiger partial charge in [0.15, 0.2) is 5.69 Å². The third kappa shape index (κ3) is 9.08. The number of aliphatic hydroxyl groups is 1. The molecular weight excluding hydrogens is 582 g/mol. The van der Waals surface area contributed by atoms with Gasteiger partial charge in [0.25, 0.3) is 5.91 Å². The highest BCUT2D eigenvalue weighted by Crippen LogP contribution is 2.20. The van der Waals surface area contributed by atoms with Gasteiger partial charge in [0.1, 0.15) is 24.4 Å². The first-order chi connectivity index (χ1) is 21.5. The van der Waals surface area contributed by atoms with E-state index in [0.717, 1.165) is 11.8 Å². The quantitative estimate of drug-likeness (QED) is 0.251. The first kappa shape index (κ1) is 33.1. The number of carbonyl (C=O) groups is 4. The van der Waals surface area contributed by atoms with E-state index in [4.69, 9.17) is 4.42 Å². The Morgan fingerprint density at radius 1 is 1.09 bits per heavy atom. The van der Waals surface area contributed by atoms with E-state index in [2.05, 4.69) is 31.2 Å². The molecule has 1 aliphatic heterocycles. The molecular formula is C31H39N7O7. The van der Waals surface area contributed by atoms with Crippen LogP contribution in [-0.2, 0) is 27.3 Å². The van der Waals surface area contributed by atoms with Gasteiger partial charge in [-0.3, -0.25) is 23.7 Å². The molecule has 0 saturated carbocycles. The van der Waals surface area contributed by atoms with Crippen LogP contribution in [0.25, 0.3) is 0 Å². The van der Waals surface area contributed by atoms with Crippen LogP contribution in [0.3, 0.4) is 0 Å². The summed E-state index contributed by atoms with van der Waals surface area (Å²) in [5.74, 6) is -2.17. The van der Waals surface area contributed by atoms with Gasteiger partial charge in [0, 0.05) is 37.3 Å². The molecule has 3 heterocycles. The Balaban J connectivity index is 1.57. The molecule has 5 N–H and O–H groups in total. The number of hydrogen-bond acceptors (Lipinski definition) is 9. The molecule has 2 bridgehead atoms. The highest BCUT2D eigenvalue weighted by atomic mass is 16.3. The number of benzene rings is 1. The number of hydrogen-bond donors (Lipinski definition) is 5. The molecule has 14 nitrogen and oxygen atoms in total. The summed E-state index contributed by atoms with van der Waals surface area (Å²) in [6.45, 7) is 5.18. The lowest BCUT2D eigenvalue weighted by molar-refractivity contribution is -0.129. The van der Waals surface area contributed by atoms with E-state index in [1.54, 1.807) is 19.9 Å². The Morgan fingerprint density at radius 3 is 2.56 bits per heavy atom.